The van der Waals surface area contributed by atoms with Gasteiger partial charge in [-0.25, -0.2) is 4.99 Å². The molecule has 0 aromatic heterocycles. The highest BCUT2D eigenvalue weighted by Gasteiger charge is 2.31. The van der Waals surface area contributed by atoms with Gasteiger partial charge in [0.25, 0.3) is 5.91 Å². The summed E-state index contributed by atoms with van der Waals surface area (Å²) in [6.07, 6.45) is -3.31. The first-order chi connectivity index (χ1) is 14.7. The van der Waals surface area contributed by atoms with Crippen LogP contribution in [-0.2, 0) is 16.0 Å². The van der Waals surface area contributed by atoms with Gasteiger partial charge >= 0.3 is 6.36 Å². The van der Waals surface area contributed by atoms with Gasteiger partial charge in [-0.05, 0) is 23.3 Å². The molecular weight excluding hydrogens is 415 g/mol. The molecule has 2 aromatic carbocycles. The lowest BCUT2D eigenvalue weighted by atomic mass is 10.1. The monoisotopic (exact) mass is 435 g/mol. The quantitative estimate of drug-likeness (QED) is 0.242. The summed E-state index contributed by atoms with van der Waals surface area (Å²) >= 11 is 0. The molecule has 10 heteroatoms. The fourth-order valence-corrected chi connectivity index (χ4v) is 2.60. The molecule has 0 saturated heterocycles. The number of ether oxygens (including phenoxy) is 1. The third kappa shape index (κ3) is 7.94. The molecule has 31 heavy (non-hydrogen) atoms. The number of nitrogens with two attached hydrogens (primary N) is 1. The van der Waals surface area contributed by atoms with Crippen molar-refractivity contribution in [3.63, 3.8) is 0 Å². The molecule has 2 rings (SSSR count). The SMILES string of the molecule is NC(Cc1ccccc1)=N/C(=C\C=O)C(=O)NC(CO)c1ccc(OC(F)(F)F)cc1. The van der Waals surface area contributed by atoms with Crippen LogP contribution in [0.25, 0.3) is 0 Å². The maximum atomic E-state index is 12.5. The number of aldehydes is 1. The first-order valence-corrected chi connectivity index (χ1v) is 9.01. The minimum Gasteiger partial charge on any atom is -0.406 e. The molecule has 1 unspecified atom stereocenters. The topological polar surface area (TPSA) is 114 Å². The maximum absolute atomic E-state index is 12.5. The van der Waals surface area contributed by atoms with Crippen LogP contribution in [-0.4, -0.2) is 36.1 Å². The fraction of sp³-hybridized carbons (Fsp3) is 0.190. The molecule has 164 valence electrons. The molecule has 7 nitrogen and oxygen atoms in total. The van der Waals surface area contributed by atoms with E-state index in [1.165, 1.54) is 12.1 Å². The molecule has 0 spiro atoms. The number of carbonyl (C=O) groups is 2. The van der Waals surface area contributed by atoms with E-state index >= 15 is 0 Å². The van der Waals surface area contributed by atoms with E-state index in [9.17, 15) is 27.9 Å². The van der Waals surface area contributed by atoms with E-state index < -0.39 is 30.7 Å². The molecule has 0 saturated carbocycles. The number of benzene rings is 2. The third-order valence-corrected chi connectivity index (χ3v) is 3.95. The number of allylic oxidation sites excluding steroid dienone is 1. The summed E-state index contributed by atoms with van der Waals surface area (Å²) in [5.74, 6) is -1.15. The average molecular weight is 435 g/mol. The van der Waals surface area contributed by atoms with Gasteiger partial charge in [0.2, 0.25) is 0 Å². The van der Waals surface area contributed by atoms with E-state index in [1.54, 1.807) is 0 Å². The number of alkyl halides is 3. The molecule has 0 radical (unpaired) electrons. The predicted octanol–water partition coefficient (Wildman–Crippen LogP) is 2.42. The second-order valence-corrected chi connectivity index (χ2v) is 6.28. The van der Waals surface area contributed by atoms with Gasteiger partial charge in [-0.15, -0.1) is 13.2 Å². The van der Waals surface area contributed by atoms with Gasteiger partial charge in [0.1, 0.15) is 23.6 Å². The second-order valence-electron chi connectivity index (χ2n) is 6.28. The smallest absolute Gasteiger partial charge is 0.406 e. The lowest BCUT2D eigenvalue weighted by Gasteiger charge is -2.17. The number of amidine groups is 1. The van der Waals surface area contributed by atoms with Crippen molar-refractivity contribution in [3.05, 3.63) is 77.5 Å². The summed E-state index contributed by atoms with van der Waals surface area (Å²) in [7, 11) is 0. The molecule has 0 aliphatic heterocycles. The Morgan fingerprint density at radius 1 is 1.16 bits per heavy atom. The van der Waals surface area contributed by atoms with E-state index in [2.05, 4.69) is 15.0 Å². The Balaban J connectivity index is 2.11. The Labute approximate surface area is 176 Å². The molecular formula is C21H20F3N3O4. The number of hydrogen-bond acceptors (Lipinski definition) is 5. The largest absolute Gasteiger partial charge is 0.573 e. The summed E-state index contributed by atoms with van der Waals surface area (Å²) < 4.78 is 40.6. The van der Waals surface area contributed by atoms with Crippen molar-refractivity contribution in [2.45, 2.75) is 18.8 Å². The molecule has 1 atom stereocenters. The third-order valence-electron chi connectivity index (χ3n) is 3.95. The number of rotatable bonds is 9. The molecule has 0 aliphatic rings. The van der Waals surface area contributed by atoms with Crippen LogP contribution >= 0.6 is 0 Å². The minimum absolute atomic E-state index is 0.0867. The highest BCUT2D eigenvalue weighted by molar-refractivity contribution is 5.99. The lowest BCUT2D eigenvalue weighted by molar-refractivity contribution is -0.274. The van der Waals surface area contributed by atoms with Crippen molar-refractivity contribution in [3.8, 4) is 5.75 Å². The Morgan fingerprint density at radius 2 is 1.81 bits per heavy atom. The van der Waals surface area contributed by atoms with Crippen LogP contribution in [0.2, 0.25) is 0 Å². The van der Waals surface area contributed by atoms with E-state index in [-0.39, 0.29) is 18.0 Å². The first kappa shape index (κ1) is 23.6. The molecule has 1 amide bonds. The van der Waals surface area contributed by atoms with Crippen LogP contribution in [0, 0.1) is 0 Å². The van der Waals surface area contributed by atoms with Crippen LogP contribution in [0.1, 0.15) is 17.2 Å². The van der Waals surface area contributed by atoms with E-state index in [0.29, 0.717) is 11.8 Å². The van der Waals surface area contributed by atoms with E-state index in [0.717, 1.165) is 23.8 Å². The Morgan fingerprint density at radius 3 is 2.35 bits per heavy atom. The molecule has 0 fully saturated rings. The number of hydrogen-bond donors (Lipinski definition) is 3. The first-order valence-electron chi connectivity index (χ1n) is 9.01. The van der Waals surface area contributed by atoms with Gasteiger partial charge in [-0.3, -0.25) is 9.59 Å². The van der Waals surface area contributed by atoms with E-state index in [1.807, 2.05) is 30.3 Å². The number of carbonyl (C=O) groups excluding carboxylic acids is 2. The number of aliphatic imine (C=N–C) groups is 1. The van der Waals surface area contributed by atoms with Crippen LogP contribution in [0.5, 0.6) is 5.75 Å². The standard InChI is InChI=1S/C21H20F3N3O4/c22-21(23,24)31-16-8-6-15(7-9-16)18(13-29)27-20(30)17(10-11-28)26-19(25)12-14-4-2-1-3-5-14/h1-11,18,29H,12-13H2,(H2,25,26)(H,27,30)/b17-10-. The Bertz CT molecular complexity index is 943. The maximum Gasteiger partial charge on any atom is 0.573 e. The molecule has 2 aromatic rings. The van der Waals surface area contributed by atoms with Gasteiger partial charge in [0, 0.05) is 12.5 Å². The van der Waals surface area contributed by atoms with Crippen molar-refractivity contribution in [1.82, 2.24) is 5.32 Å². The van der Waals surface area contributed by atoms with Crippen molar-refractivity contribution in [2.24, 2.45) is 10.7 Å². The van der Waals surface area contributed by atoms with Crippen molar-refractivity contribution < 1.29 is 32.6 Å². The second kappa shape index (κ2) is 10.9. The van der Waals surface area contributed by atoms with Gasteiger partial charge in [-0.2, -0.15) is 0 Å². The van der Waals surface area contributed by atoms with Crippen LogP contribution in [0.4, 0.5) is 13.2 Å². The van der Waals surface area contributed by atoms with Crippen LogP contribution in [0.15, 0.2) is 71.4 Å². The zero-order valence-corrected chi connectivity index (χ0v) is 16.2. The zero-order valence-electron chi connectivity index (χ0n) is 16.2. The lowest BCUT2D eigenvalue weighted by Crippen LogP contribution is -2.32. The van der Waals surface area contributed by atoms with Gasteiger partial charge < -0.3 is 20.9 Å². The normalized spacial score (nSPS) is 13.4. The molecule has 0 bridgehead atoms. The summed E-state index contributed by atoms with van der Waals surface area (Å²) in [6, 6.07) is 12.8. The Kier molecular flexibility index (Phi) is 8.33. The van der Waals surface area contributed by atoms with Gasteiger partial charge in [0.05, 0.1) is 12.6 Å². The summed E-state index contributed by atoms with van der Waals surface area (Å²) in [4.78, 5) is 27.4. The van der Waals surface area contributed by atoms with Crippen molar-refractivity contribution >= 4 is 18.0 Å². The van der Waals surface area contributed by atoms with Crippen LogP contribution in [0.3, 0.4) is 0 Å². The minimum atomic E-state index is -4.83. The number of nitrogens with one attached hydrogen (secondary N) is 1. The summed E-state index contributed by atoms with van der Waals surface area (Å²) in [5, 5.41) is 12.1. The van der Waals surface area contributed by atoms with E-state index in [4.69, 9.17) is 5.73 Å². The molecule has 4 N–H and O–H groups in total. The zero-order chi connectivity index (χ0) is 22.9. The number of amides is 1. The molecule has 0 heterocycles. The predicted molar refractivity (Wildman–Crippen MR) is 107 cm³/mol. The highest BCUT2D eigenvalue weighted by atomic mass is 19.4. The number of nitrogens with zero attached hydrogens (tertiary/aromatic N) is 1. The van der Waals surface area contributed by atoms with Crippen molar-refractivity contribution in [2.75, 3.05) is 6.61 Å². The number of aliphatic hydroxyl groups is 1. The summed E-state index contributed by atoms with van der Waals surface area (Å²) in [6.45, 7) is -0.553. The number of aliphatic hydroxyl groups excluding tert-OH is 1. The Hall–Kier alpha value is -3.66. The number of halogens is 3. The fourth-order valence-electron chi connectivity index (χ4n) is 2.60. The van der Waals surface area contributed by atoms with Crippen LogP contribution < -0.4 is 15.8 Å². The van der Waals surface area contributed by atoms with Crippen molar-refractivity contribution in [1.29, 1.82) is 0 Å². The average Bonchev–Trinajstić information content (AvgIpc) is 2.72. The van der Waals surface area contributed by atoms with Gasteiger partial charge in [-0.1, -0.05) is 42.5 Å². The summed E-state index contributed by atoms with van der Waals surface area (Å²) in [5.41, 5.74) is 6.76. The molecule has 0 aliphatic carbocycles. The van der Waals surface area contributed by atoms with Gasteiger partial charge in [0.15, 0.2) is 0 Å². The highest BCUT2D eigenvalue weighted by Crippen LogP contribution is 2.24.